The summed E-state index contributed by atoms with van der Waals surface area (Å²) in [5.41, 5.74) is 12.0. The molecule has 6 heteroatoms. The second kappa shape index (κ2) is 3.71. The number of rotatable bonds is 0. The maximum absolute atomic E-state index is 10.6. The summed E-state index contributed by atoms with van der Waals surface area (Å²) in [6.07, 6.45) is 0. The van der Waals surface area contributed by atoms with Crippen molar-refractivity contribution in [3.8, 4) is 0 Å². The van der Waals surface area contributed by atoms with Gasteiger partial charge in [-0.1, -0.05) is 15.9 Å². The molecule has 0 saturated carbocycles. The molecule has 0 unspecified atom stereocenters. The number of anilines is 1. The molecule has 74 valence electrons. The largest absolute Gasteiger partial charge is 0.412 e. The lowest BCUT2D eigenvalue weighted by atomic mass is 10.2. The first-order chi connectivity index (χ1) is 6.22. The fourth-order valence-corrected chi connectivity index (χ4v) is 1.73. The van der Waals surface area contributed by atoms with Crippen LogP contribution >= 0.6 is 15.9 Å². The Morgan fingerprint density at radius 1 is 1.36 bits per heavy atom. The van der Waals surface area contributed by atoms with Crippen LogP contribution in [0.4, 0.5) is 5.69 Å². The second-order valence-corrected chi connectivity index (χ2v) is 3.56. The van der Waals surface area contributed by atoms with E-state index in [9.17, 15) is 4.79 Å². The average Bonchev–Trinajstić information content (AvgIpc) is 2.46. The van der Waals surface area contributed by atoms with E-state index in [0.29, 0.717) is 16.3 Å². The zero-order chi connectivity index (χ0) is 9.42. The molecule has 1 aromatic rings. The molecule has 1 aromatic carbocycles. The van der Waals surface area contributed by atoms with Crippen LogP contribution in [-0.2, 0) is 4.79 Å². The number of nitrogens with two attached hydrogens (primary N) is 1. The predicted octanol–water partition coefficient (Wildman–Crippen LogP) is -1.92. The minimum atomic E-state index is 0. The van der Waals surface area contributed by atoms with Crippen molar-refractivity contribution in [1.29, 1.82) is 0 Å². The molecule has 1 heterocycles. The van der Waals surface area contributed by atoms with Crippen LogP contribution < -0.4 is 27.0 Å². The molecular formula is C8H8BrN3O2. The number of halogens is 1. The van der Waals surface area contributed by atoms with Gasteiger partial charge in [0, 0.05) is 4.47 Å². The van der Waals surface area contributed by atoms with Crippen molar-refractivity contribution in [2.24, 2.45) is 5.73 Å². The molecule has 0 radical (unpaired) electrons. The van der Waals surface area contributed by atoms with E-state index in [1.54, 1.807) is 6.07 Å². The number of fused-ring (bicyclic) bond motifs is 1. The Hall–Kier alpha value is -1.49. The minimum Gasteiger partial charge on any atom is -0.412 e. The van der Waals surface area contributed by atoms with E-state index in [1.807, 2.05) is 12.0 Å². The minimum absolute atomic E-state index is 0. The van der Waals surface area contributed by atoms with Crippen molar-refractivity contribution in [1.82, 2.24) is 5.43 Å². The van der Waals surface area contributed by atoms with E-state index in [2.05, 4.69) is 26.8 Å². The van der Waals surface area contributed by atoms with Gasteiger partial charge in [-0.2, -0.15) is 0 Å². The van der Waals surface area contributed by atoms with Gasteiger partial charge in [0.05, 0.1) is 16.1 Å². The lowest BCUT2D eigenvalue weighted by molar-refractivity contribution is 0.567. The molecule has 0 aromatic heterocycles. The molecule has 2 rings (SSSR count). The van der Waals surface area contributed by atoms with Crippen molar-refractivity contribution in [2.45, 2.75) is 0 Å². The van der Waals surface area contributed by atoms with Gasteiger partial charge in [-0.05, 0) is 12.1 Å². The molecule has 6 N–H and O–H groups in total. The standard InChI is InChI=1S/C8H6BrN3O.H2O/c9-5-1-4(3-13)7-6(2-5)11-12-8(7)10;/h1-2,11-12H,10H2;1H2. The number of carbonyl (C=O) groups excluding carboxylic acids is 1. The highest BCUT2D eigenvalue weighted by Gasteiger charge is 2.09. The Morgan fingerprint density at radius 3 is 2.71 bits per heavy atom. The number of hydrazine groups is 1. The van der Waals surface area contributed by atoms with Crippen molar-refractivity contribution >= 4 is 33.4 Å². The van der Waals surface area contributed by atoms with E-state index >= 15 is 0 Å². The first-order valence-corrected chi connectivity index (χ1v) is 4.38. The molecule has 0 fully saturated rings. The van der Waals surface area contributed by atoms with Crippen molar-refractivity contribution in [3.63, 3.8) is 0 Å². The molecule has 0 spiro atoms. The van der Waals surface area contributed by atoms with Gasteiger partial charge < -0.3 is 11.2 Å². The van der Waals surface area contributed by atoms with Crippen molar-refractivity contribution in [3.05, 3.63) is 27.0 Å². The van der Waals surface area contributed by atoms with E-state index in [0.717, 1.165) is 10.2 Å². The van der Waals surface area contributed by atoms with E-state index < -0.39 is 0 Å². The van der Waals surface area contributed by atoms with Gasteiger partial charge in [0.25, 0.3) is 0 Å². The summed E-state index contributed by atoms with van der Waals surface area (Å²) in [5, 5.41) is 1.12. The van der Waals surface area contributed by atoms with Crippen LogP contribution in [-0.4, -0.2) is 11.4 Å². The molecule has 1 aliphatic rings. The Bertz CT molecular complexity index is 508. The van der Waals surface area contributed by atoms with Gasteiger partial charge >= 0.3 is 0 Å². The lowest BCUT2D eigenvalue weighted by Gasteiger charge is -1.97. The van der Waals surface area contributed by atoms with E-state index in [1.165, 1.54) is 0 Å². The summed E-state index contributed by atoms with van der Waals surface area (Å²) in [6, 6.07) is 3.51. The predicted molar refractivity (Wildman–Crippen MR) is 56.2 cm³/mol. The third-order valence-electron chi connectivity index (χ3n) is 1.81. The van der Waals surface area contributed by atoms with Gasteiger partial charge in [-0.25, -0.2) is 4.79 Å². The molecule has 0 aliphatic carbocycles. The third kappa shape index (κ3) is 1.46. The maximum Gasteiger partial charge on any atom is 0.133 e. The number of hydrogen-bond acceptors (Lipinski definition) is 4. The van der Waals surface area contributed by atoms with E-state index in [-0.39, 0.29) is 5.48 Å². The van der Waals surface area contributed by atoms with Crippen LogP contribution in [0.3, 0.4) is 0 Å². The summed E-state index contributed by atoms with van der Waals surface area (Å²) in [4.78, 5) is 10.6. The molecule has 0 amide bonds. The Kier molecular flexibility index (Phi) is 2.81. The highest BCUT2D eigenvalue weighted by atomic mass is 79.9. The Balaban J connectivity index is 0.000000980. The smallest absolute Gasteiger partial charge is 0.133 e. The number of nitrogens with one attached hydrogen (secondary N) is 2. The highest BCUT2D eigenvalue weighted by Crippen LogP contribution is 2.10. The molecular weight excluding hydrogens is 250 g/mol. The lowest BCUT2D eigenvalue weighted by Crippen LogP contribution is -2.30. The zero-order valence-corrected chi connectivity index (χ0v) is 8.60. The Morgan fingerprint density at radius 2 is 2.07 bits per heavy atom. The number of benzene rings is 1. The fraction of sp³-hybridized carbons (Fsp3) is 0. The zero-order valence-electron chi connectivity index (χ0n) is 7.02. The first-order valence-electron chi connectivity index (χ1n) is 3.59. The van der Waals surface area contributed by atoms with Crippen molar-refractivity contribution in [2.75, 3.05) is 5.43 Å². The molecule has 5 nitrogen and oxygen atoms in total. The van der Waals surface area contributed by atoms with E-state index in [4.69, 9.17) is 5.73 Å². The Labute approximate surface area is 87.7 Å². The highest BCUT2D eigenvalue weighted by molar-refractivity contribution is 9.10. The summed E-state index contributed by atoms with van der Waals surface area (Å²) in [7, 11) is 0. The monoisotopic (exact) mass is 257 g/mol. The first kappa shape index (κ1) is 10.6. The number of hydrogen-bond donors (Lipinski definition) is 3. The van der Waals surface area contributed by atoms with Gasteiger partial charge in [0.15, 0.2) is 0 Å². The van der Waals surface area contributed by atoms with Gasteiger partial charge in [-0.3, -0.25) is 10.9 Å². The molecule has 1 aliphatic heterocycles. The van der Waals surface area contributed by atoms with Gasteiger partial charge in [0.2, 0.25) is 0 Å². The van der Waals surface area contributed by atoms with Crippen LogP contribution in [0.15, 0.2) is 16.6 Å². The van der Waals surface area contributed by atoms with Crippen LogP contribution in [0.1, 0.15) is 0 Å². The van der Waals surface area contributed by atoms with Gasteiger partial charge in [-0.15, -0.1) is 0 Å². The third-order valence-corrected chi connectivity index (χ3v) is 2.27. The molecule has 14 heavy (non-hydrogen) atoms. The molecule has 0 bridgehead atoms. The summed E-state index contributed by atoms with van der Waals surface area (Å²) < 4.78 is 0.814. The van der Waals surface area contributed by atoms with Gasteiger partial charge in [0.1, 0.15) is 11.8 Å². The summed E-state index contributed by atoms with van der Waals surface area (Å²) >= 11 is 3.28. The summed E-state index contributed by atoms with van der Waals surface area (Å²) in [6.45, 7) is 0. The normalized spacial score (nSPS) is 11.9. The molecule has 0 saturated heterocycles. The van der Waals surface area contributed by atoms with Crippen LogP contribution in [0.2, 0.25) is 0 Å². The molecule has 0 atom stereocenters. The maximum atomic E-state index is 10.6. The van der Waals surface area contributed by atoms with Crippen LogP contribution in [0.5, 0.6) is 0 Å². The second-order valence-electron chi connectivity index (χ2n) is 2.64. The SMILES string of the molecule is NC1=c2c(cc(Br)cc2=C=O)NN1.O. The van der Waals surface area contributed by atoms with Crippen LogP contribution in [0.25, 0.3) is 5.82 Å². The average molecular weight is 258 g/mol. The fourth-order valence-electron chi connectivity index (χ4n) is 1.27. The topological polar surface area (TPSA) is 98.7 Å². The quantitative estimate of drug-likeness (QED) is 0.505. The summed E-state index contributed by atoms with van der Waals surface area (Å²) in [5.74, 6) is 2.28. The van der Waals surface area contributed by atoms with Crippen LogP contribution in [0, 0.1) is 0 Å². The van der Waals surface area contributed by atoms with Crippen molar-refractivity contribution < 1.29 is 10.3 Å².